The molecule has 2 nitrogen and oxygen atoms in total. The molecule has 0 bridgehead atoms. The Morgan fingerprint density at radius 2 is 2.22 bits per heavy atom. The fraction of sp³-hybridized carbons (Fsp3) is 0.500. The second kappa shape index (κ2) is 10.2. The molecule has 0 aliphatic rings. The van der Waals surface area contributed by atoms with E-state index in [1.54, 1.807) is 0 Å². The molecule has 0 saturated heterocycles. The molecule has 0 spiro atoms. The number of amides is 1. The third-order valence-corrected chi connectivity index (χ3v) is 0.536. The summed E-state index contributed by atoms with van der Waals surface area (Å²) < 4.78 is 9.50. The zero-order valence-corrected chi connectivity index (χ0v) is 5.78. The van der Waals surface area contributed by atoms with Crippen LogP contribution in [0.1, 0.15) is 6.92 Å². The van der Waals surface area contributed by atoms with Crippen LogP contribution in [0, 0.1) is 0 Å². The largest absolute Gasteiger partial charge is 0.353 e. The van der Waals surface area contributed by atoms with Crippen LogP contribution in [0.25, 0.3) is 0 Å². The van der Waals surface area contributed by atoms with Gasteiger partial charge in [0.15, 0.2) is 0 Å². The molecule has 54 valence electrons. The summed E-state index contributed by atoms with van der Waals surface area (Å²) in [4.78, 5) is 10.2. The van der Waals surface area contributed by atoms with Crippen molar-refractivity contribution in [3.05, 3.63) is 12.7 Å². The van der Waals surface area contributed by atoms with Crippen molar-refractivity contribution >= 4 is 5.91 Å². The third kappa shape index (κ3) is 11.0. The lowest BCUT2D eigenvalue weighted by Gasteiger charge is -1.90. The summed E-state index contributed by atoms with van der Waals surface area (Å²) in [6, 6.07) is 0. The van der Waals surface area contributed by atoms with E-state index >= 15 is 0 Å². The lowest BCUT2D eigenvalue weighted by atomic mass is 10.6. The van der Waals surface area contributed by atoms with E-state index in [1.165, 1.54) is 6.08 Å². The van der Waals surface area contributed by atoms with Crippen molar-refractivity contribution in [2.45, 2.75) is 6.92 Å². The predicted octanol–water partition coefficient (Wildman–Crippen LogP) is 0.894. The number of carbonyl (C=O) groups is 1. The number of hydrogen-bond donors (Lipinski definition) is 1. The Labute approximate surface area is 54.8 Å². The maximum atomic E-state index is 10.2. The van der Waals surface area contributed by atoms with E-state index in [2.05, 4.69) is 11.9 Å². The van der Waals surface area contributed by atoms with Crippen LogP contribution in [0.4, 0.5) is 4.39 Å². The summed E-state index contributed by atoms with van der Waals surface area (Å²) in [6.45, 7) is 5.80. The Kier molecular flexibility index (Phi) is 12.5. The molecule has 0 aromatic carbocycles. The van der Waals surface area contributed by atoms with E-state index in [0.717, 1.165) is 0 Å². The van der Waals surface area contributed by atoms with Crippen molar-refractivity contribution in [1.82, 2.24) is 5.32 Å². The highest BCUT2D eigenvalue weighted by Gasteiger charge is 1.83. The van der Waals surface area contributed by atoms with Gasteiger partial charge in [-0.1, -0.05) is 6.58 Å². The zero-order valence-electron chi connectivity index (χ0n) is 5.78. The van der Waals surface area contributed by atoms with E-state index in [-0.39, 0.29) is 5.91 Å². The molecular formula is C6H12FNO. The maximum Gasteiger partial charge on any atom is 0.243 e. The maximum absolute atomic E-state index is 10.2. The second-order valence-electron chi connectivity index (χ2n) is 1.10. The SMILES string of the molecule is C=CC(=O)NCC.CF. The van der Waals surface area contributed by atoms with Gasteiger partial charge in [-0.3, -0.25) is 9.18 Å². The van der Waals surface area contributed by atoms with Gasteiger partial charge in [-0.15, -0.1) is 0 Å². The standard InChI is InChI=1S/C5H9NO.CH3F/c1-3-5(7)6-4-2;1-2/h3H,1,4H2,2H3,(H,6,7);1H3. The van der Waals surface area contributed by atoms with E-state index in [4.69, 9.17) is 0 Å². The molecule has 0 aliphatic heterocycles. The number of rotatable bonds is 2. The predicted molar refractivity (Wildman–Crippen MR) is 35.9 cm³/mol. The van der Waals surface area contributed by atoms with Gasteiger partial charge in [0.2, 0.25) is 5.91 Å². The zero-order chi connectivity index (χ0) is 7.70. The lowest BCUT2D eigenvalue weighted by Crippen LogP contribution is -2.19. The topological polar surface area (TPSA) is 29.1 Å². The van der Waals surface area contributed by atoms with Gasteiger partial charge < -0.3 is 5.32 Å². The number of alkyl halides is 1. The van der Waals surface area contributed by atoms with Crippen LogP contribution in [-0.4, -0.2) is 19.6 Å². The molecule has 0 unspecified atom stereocenters. The van der Waals surface area contributed by atoms with Gasteiger partial charge in [0.1, 0.15) is 0 Å². The normalized spacial score (nSPS) is 6.56. The number of hydrogen-bond acceptors (Lipinski definition) is 1. The molecule has 0 aromatic heterocycles. The number of halogens is 1. The smallest absolute Gasteiger partial charge is 0.243 e. The van der Waals surface area contributed by atoms with Gasteiger partial charge in [-0.25, -0.2) is 0 Å². The van der Waals surface area contributed by atoms with Gasteiger partial charge in [0.05, 0.1) is 7.18 Å². The van der Waals surface area contributed by atoms with E-state index in [9.17, 15) is 9.18 Å². The van der Waals surface area contributed by atoms with Crippen molar-refractivity contribution in [2.24, 2.45) is 0 Å². The minimum Gasteiger partial charge on any atom is -0.353 e. The van der Waals surface area contributed by atoms with Crippen LogP contribution in [0.15, 0.2) is 12.7 Å². The molecule has 1 N–H and O–H groups in total. The summed E-state index contributed by atoms with van der Waals surface area (Å²) in [7, 11) is 0.500. The first-order chi connectivity index (χ1) is 4.31. The van der Waals surface area contributed by atoms with Crippen LogP contribution in [0.3, 0.4) is 0 Å². The first kappa shape index (κ1) is 11.0. The van der Waals surface area contributed by atoms with E-state index < -0.39 is 0 Å². The van der Waals surface area contributed by atoms with Crippen LogP contribution in [-0.2, 0) is 4.79 Å². The van der Waals surface area contributed by atoms with Crippen LogP contribution in [0.5, 0.6) is 0 Å². The fourth-order valence-corrected chi connectivity index (χ4v) is 0.246. The summed E-state index contributed by atoms with van der Waals surface area (Å²) in [5.74, 6) is -0.109. The highest BCUT2D eigenvalue weighted by atomic mass is 19.1. The Bertz CT molecular complexity index is 83.1. The average Bonchev–Trinajstić information content (AvgIpc) is 1.93. The van der Waals surface area contributed by atoms with E-state index in [0.29, 0.717) is 13.7 Å². The lowest BCUT2D eigenvalue weighted by molar-refractivity contribution is -0.116. The molecule has 0 heterocycles. The number of likely N-dealkylation sites (N-methyl/N-ethyl adjacent to an activating group) is 1. The van der Waals surface area contributed by atoms with Crippen molar-refractivity contribution in [3.8, 4) is 0 Å². The summed E-state index contributed by atoms with van der Waals surface area (Å²) in [6.07, 6.45) is 1.25. The van der Waals surface area contributed by atoms with Crippen LogP contribution in [0.2, 0.25) is 0 Å². The molecule has 0 aliphatic carbocycles. The van der Waals surface area contributed by atoms with Crippen LogP contribution >= 0.6 is 0 Å². The fourth-order valence-electron chi connectivity index (χ4n) is 0.246. The average molecular weight is 133 g/mol. The minimum atomic E-state index is -0.109. The molecule has 1 amide bonds. The molecule has 0 aromatic rings. The molecule has 0 fully saturated rings. The Balaban J connectivity index is 0. The number of nitrogens with one attached hydrogen (secondary N) is 1. The molecule has 3 heteroatoms. The van der Waals surface area contributed by atoms with Gasteiger partial charge in [-0.2, -0.15) is 0 Å². The second-order valence-corrected chi connectivity index (χ2v) is 1.10. The molecule has 0 rings (SSSR count). The highest BCUT2D eigenvalue weighted by molar-refractivity contribution is 5.86. The first-order valence-electron chi connectivity index (χ1n) is 2.59. The quantitative estimate of drug-likeness (QED) is 0.557. The van der Waals surface area contributed by atoms with Crippen molar-refractivity contribution in [1.29, 1.82) is 0 Å². The number of carbonyl (C=O) groups excluding carboxylic acids is 1. The van der Waals surface area contributed by atoms with Crippen molar-refractivity contribution < 1.29 is 9.18 Å². The van der Waals surface area contributed by atoms with E-state index in [1.807, 2.05) is 6.92 Å². The van der Waals surface area contributed by atoms with Gasteiger partial charge in [-0.05, 0) is 13.0 Å². The summed E-state index contributed by atoms with van der Waals surface area (Å²) in [5.41, 5.74) is 0. The monoisotopic (exact) mass is 133 g/mol. The first-order valence-corrected chi connectivity index (χ1v) is 2.59. The minimum absolute atomic E-state index is 0.109. The molecule has 0 saturated carbocycles. The molecule has 0 atom stereocenters. The van der Waals surface area contributed by atoms with Gasteiger partial charge in [0.25, 0.3) is 0 Å². The third-order valence-electron chi connectivity index (χ3n) is 0.536. The molecule has 0 radical (unpaired) electrons. The summed E-state index contributed by atoms with van der Waals surface area (Å²) >= 11 is 0. The molecule has 9 heavy (non-hydrogen) atoms. The summed E-state index contributed by atoms with van der Waals surface area (Å²) in [5, 5.41) is 2.54. The highest BCUT2D eigenvalue weighted by Crippen LogP contribution is 1.61. The Morgan fingerprint density at radius 3 is 2.33 bits per heavy atom. The van der Waals surface area contributed by atoms with Gasteiger partial charge in [0, 0.05) is 6.54 Å². The van der Waals surface area contributed by atoms with Crippen molar-refractivity contribution in [3.63, 3.8) is 0 Å². The van der Waals surface area contributed by atoms with Crippen LogP contribution < -0.4 is 5.32 Å². The van der Waals surface area contributed by atoms with Gasteiger partial charge >= 0.3 is 0 Å². The Hall–Kier alpha value is -0.860. The van der Waals surface area contributed by atoms with Crippen molar-refractivity contribution in [2.75, 3.05) is 13.7 Å². The Morgan fingerprint density at radius 1 is 1.78 bits per heavy atom. The molecular weight excluding hydrogens is 121 g/mol.